The Bertz CT molecular complexity index is 1160. The first kappa shape index (κ1) is 23.2. The van der Waals surface area contributed by atoms with Crippen molar-refractivity contribution < 1.29 is 14.4 Å². The molecule has 3 aromatic rings. The Kier molecular flexibility index (Phi) is 7.34. The second-order valence-electron chi connectivity index (χ2n) is 8.04. The standard InChI is InChI=1S/C25H27N5O4/c1-28(2)12-11-22-23(30(31)32)25(29-13-15-33-16-14-29)27-24(26-22)20-9-6-10-21(17-20)34-18-19-7-4-3-5-8-19/h3-12,17H,13-16,18H2,1-2H3. The van der Waals surface area contributed by atoms with E-state index in [1.54, 1.807) is 17.2 Å². The van der Waals surface area contributed by atoms with Gasteiger partial charge in [0.1, 0.15) is 18.1 Å². The van der Waals surface area contributed by atoms with Crippen LogP contribution in [0.15, 0.2) is 60.8 Å². The summed E-state index contributed by atoms with van der Waals surface area (Å²) in [6.45, 7) is 2.45. The lowest BCUT2D eigenvalue weighted by molar-refractivity contribution is -0.384. The number of aromatic nitrogens is 2. The lowest BCUT2D eigenvalue weighted by Crippen LogP contribution is -2.37. The molecule has 0 amide bonds. The maximum absolute atomic E-state index is 12.1. The maximum atomic E-state index is 12.1. The molecule has 0 aliphatic carbocycles. The number of anilines is 1. The molecule has 0 unspecified atom stereocenters. The SMILES string of the molecule is CN(C)C=Cc1nc(-c2cccc(OCc3ccccc3)c2)nc(N2CCOCC2)c1[N+](=O)[O-]. The van der Waals surface area contributed by atoms with Crippen LogP contribution in [0.2, 0.25) is 0 Å². The first-order valence-corrected chi connectivity index (χ1v) is 11.0. The van der Waals surface area contributed by atoms with Gasteiger partial charge in [0.25, 0.3) is 0 Å². The number of rotatable bonds is 8. The zero-order valence-corrected chi connectivity index (χ0v) is 19.3. The highest BCUT2D eigenvalue weighted by Crippen LogP contribution is 2.34. The highest BCUT2D eigenvalue weighted by Gasteiger charge is 2.29. The van der Waals surface area contributed by atoms with Gasteiger partial charge in [0.05, 0.1) is 18.1 Å². The fourth-order valence-electron chi connectivity index (χ4n) is 3.56. The maximum Gasteiger partial charge on any atom is 0.337 e. The lowest BCUT2D eigenvalue weighted by Gasteiger charge is -2.27. The quantitative estimate of drug-likeness (QED) is 0.367. The molecular formula is C25H27N5O4. The molecular weight excluding hydrogens is 434 g/mol. The van der Waals surface area contributed by atoms with E-state index in [0.29, 0.717) is 50.3 Å². The molecule has 1 aliphatic rings. The van der Waals surface area contributed by atoms with Crippen molar-refractivity contribution in [3.63, 3.8) is 0 Å². The van der Waals surface area contributed by atoms with Gasteiger partial charge in [-0.3, -0.25) is 10.1 Å². The van der Waals surface area contributed by atoms with Gasteiger partial charge < -0.3 is 19.3 Å². The average Bonchev–Trinajstić information content (AvgIpc) is 2.87. The molecule has 0 atom stereocenters. The van der Waals surface area contributed by atoms with Gasteiger partial charge in [-0.15, -0.1) is 0 Å². The normalized spacial score (nSPS) is 13.8. The third kappa shape index (κ3) is 5.68. The predicted octanol–water partition coefficient (Wildman–Crippen LogP) is 4.00. The van der Waals surface area contributed by atoms with Crippen LogP contribution in [0.4, 0.5) is 11.5 Å². The van der Waals surface area contributed by atoms with E-state index in [-0.39, 0.29) is 11.4 Å². The number of nitrogens with zero attached hydrogens (tertiary/aromatic N) is 5. The molecule has 1 aromatic heterocycles. The van der Waals surface area contributed by atoms with Crippen molar-refractivity contribution >= 4 is 17.6 Å². The van der Waals surface area contributed by atoms with Gasteiger partial charge in [-0.2, -0.15) is 0 Å². The number of morpholine rings is 1. The first-order chi connectivity index (χ1) is 16.5. The van der Waals surface area contributed by atoms with E-state index in [0.717, 1.165) is 11.1 Å². The van der Waals surface area contributed by atoms with Crippen LogP contribution in [-0.2, 0) is 11.3 Å². The summed E-state index contributed by atoms with van der Waals surface area (Å²) in [6, 6.07) is 17.4. The number of ether oxygens (including phenoxy) is 2. The lowest BCUT2D eigenvalue weighted by atomic mass is 10.1. The zero-order valence-electron chi connectivity index (χ0n) is 19.3. The second-order valence-corrected chi connectivity index (χ2v) is 8.04. The van der Waals surface area contributed by atoms with Crippen molar-refractivity contribution in [1.29, 1.82) is 0 Å². The Hall–Kier alpha value is -3.98. The van der Waals surface area contributed by atoms with E-state index in [1.165, 1.54) is 0 Å². The average molecular weight is 462 g/mol. The fourth-order valence-corrected chi connectivity index (χ4v) is 3.56. The molecule has 0 N–H and O–H groups in total. The second kappa shape index (κ2) is 10.8. The molecule has 34 heavy (non-hydrogen) atoms. The Balaban J connectivity index is 1.73. The number of nitro groups is 1. The van der Waals surface area contributed by atoms with Crippen molar-refractivity contribution in [2.75, 3.05) is 45.3 Å². The molecule has 0 radical (unpaired) electrons. The largest absolute Gasteiger partial charge is 0.489 e. The van der Waals surface area contributed by atoms with Crippen LogP contribution in [0.25, 0.3) is 17.5 Å². The molecule has 1 aliphatic heterocycles. The highest BCUT2D eigenvalue weighted by molar-refractivity contribution is 5.73. The van der Waals surface area contributed by atoms with Crippen molar-refractivity contribution in [2.45, 2.75) is 6.61 Å². The fraction of sp³-hybridized carbons (Fsp3) is 0.280. The van der Waals surface area contributed by atoms with E-state index in [4.69, 9.17) is 9.47 Å². The summed E-state index contributed by atoms with van der Waals surface area (Å²) in [7, 11) is 3.70. The van der Waals surface area contributed by atoms with E-state index >= 15 is 0 Å². The van der Waals surface area contributed by atoms with Gasteiger partial charge in [-0.1, -0.05) is 42.5 Å². The minimum absolute atomic E-state index is 0.111. The molecule has 0 spiro atoms. The molecule has 2 aromatic carbocycles. The van der Waals surface area contributed by atoms with Gasteiger partial charge >= 0.3 is 5.69 Å². The van der Waals surface area contributed by atoms with Gasteiger partial charge in [0.15, 0.2) is 5.82 Å². The Morgan fingerprint density at radius 2 is 1.88 bits per heavy atom. The summed E-state index contributed by atoms with van der Waals surface area (Å²) < 4.78 is 11.4. The van der Waals surface area contributed by atoms with Crippen LogP contribution < -0.4 is 9.64 Å². The zero-order chi connectivity index (χ0) is 23.9. The summed E-state index contributed by atoms with van der Waals surface area (Å²) in [5.74, 6) is 1.37. The third-order valence-corrected chi connectivity index (χ3v) is 5.26. The molecule has 9 heteroatoms. The minimum atomic E-state index is -0.413. The molecule has 9 nitrogen and oxygen atoms in total. The summed E-state index contributed by atoms with van der Waals surface area (Å²) in [4.78, 5) is 24.5. The predicted molar refractivity (Wildman–Crippen MR) is 131 cm³/mol. The van der Waals surface area contributed by atoms with E-state index in [9.17, 15) is 10.1 Å². The summed E-state index contributed by atoms with van der Waals surface area (Å²) >= 11 is 0. The number of hydrogen-bond acceptors (Lipinski definition) is 8. The minimum Gasteiger partial charge on any atom is -0.489 e. The molecule has 1 fully saturated rings. The third-order valence-electron chi connectivity index (χ3n) is 5.26. The van der Waals surface area contributed by atoms with Gasteiger partial charge in [0, 0.05) is 38.9 Å². The van der Waals surface area contributed by atoms with Crippen LogP contribution in [0.5, 0.6) is 5.75 Å². The highest BCUT2D eigenvalue weighted by atomic mass is 16.6. The first-order valence-electron chi connectivity index (χ1n) is 11.0. The van der Waals surface area contributed by atoms with Crippen LogP contribution in [0.3, 0.4) is 0 Å². The molecule has 2 heterocycles. The Morgan fingerprint density at radius 1 is 1.12 bits per heavy atom. The Morgan fingerprint density at radius 3 is 2.59 bits per heavy atom. The Labute approximate surface area is 198 Å². The van der Waals surface area contributed by atoms with Crippen LogP contribution in [0.1, 0.15) is 11.3 Å². The molecule has 1 saturated heterocycles. The summed E-state index contributed by atoms with van der Waals surface area (Å²) in [5, 5.41) is 12.1. The molecule has 4 rings (SSSR count). The van der Waals surface area contributed by atoms with Crippen LogP contribution >= 0.6 is 0 Å². The van der Waals surface area contributed by atoms with Crippen molar-refractivity contribution in [3.8, 4) is 17.1 Å². The number of benzene rings is 2. The van der Waals surface area contributed by atoms with Crippen LogP contribution in [0, 0.1) is 10.1 Å². The monoisotopic (exact) mass is 461 g/mol. The van der Waals surface area contributed by atoms with Gasteiger partial charge in [-0.05, 0) is 23.8 Å². The van der Waals surface area contributed by atoms with Gasteiger partial charge in [-0.25, -0.2) is 9.97 Å². The van der Waals surface area contributed by atoms with E-state index in [2.05, 4.69) is 9.97 Å². The molecule has 0 saturated carbocycles. The smallest absolute Gasteiger partial charge is 0.337 e. The van der Waals surface area contributed by atoms with E-state index < -0.39 is 4.92 Å². The topological polar surface area (TPSA) is 93.9 Å². The van der Waals surface area contributed by atoms with Crippen molar-refractivity contribution in [1.82, 2.24) is 14.9 Å². The van der Waals surface area contributed by atoms with Crippen LogP contribution in [-0.4, -0.2) is 60.2 Å². The number of hydrogen-bond donors (Lipinski definition) is 0. The van der Waals surface area contributed by atoms with E-state index in [1.807, 2.05) is 73.6 Å². The summed E-state index contributed by atoms with van der Waals surface area (Å²) in [6.07, 6.45) is 3.38. The van der Waals surface area contributed by atoms with Crippen molar-refractivity contribution in [3.05, 3.63) is 82.2 Å². The van der Waals surface area contributed by atoms with Gasteiger partial charge in [0.2, 0.25) is 5.82 Å². The molecule has 0 bridgehead atoms. The summed E-state index contributed by atoms with van der Waals surface area (Å²) in [5.41, 5.74) is 1.92. The molecule has 176 valence electrons. The van der Waals surface area contributed by atoms with Crippen molar-refractivity contribution in [2.24, 2.45) is 0 Å².